The molecule has 0 radical (unpaired) electrons. The quantitative estimate of drug-likeness (QED) is 0.134. The standard InChI is InChI=1S/C61H49NO.C4H10.C4H8.C2H6/c1-39-16-9-10-17-47(39)48-20-13-21-49(40(48)2)50-22-15-26-58(41(50)3)62(46-35-30-43(31-36-46)51-23-14-24-54-53-19-7-6-8-27-59(53)63-60(51)54)45-33-28-42(29-34-45)44-32-37-57-55(38-44)52-18-11-12-25-56(52)61(57,4)5;2*1-3-4-2;1-2/h7-38H,6H2,1-5H3;3-4H2,1-2H3;3H,1,4H2,2H3;1-2H3. The van der Waals surface area contributed by atoms with Gasteiger partial charge >= 0.3 is 0 Å². The molecule has 11 rings (SSSR count). The van der Waals surface area contributed by atoms with Crippen molar-refractivity contribution in [1.82, 2.24) is 0 Å². The van der Waals surface area contributed by atoms with E-state index in [-0.39, 0.29) is 5.41 Å². The lowest BCUT2D eigenvalue weighted by molar-refractivity contribution is 0.604. The maximum absolute atomic E-state index is 6.55. The van der Waals surface area contributed by atoms with E-state index in [1.807, 2.05) is 19.9 Å². The van der Waals surface area contributed by atoms with Crippen LogP contribution in [0.2, 0.25) is 0 Å². The van der Waals surface area contributed by atoms with Gasteiger partial charge in [0.1, 0.15) is 11.3 Å². The highest BCUT2D eigenvalue weighted by molar-refractivity contribution is 6.00. The van der Waals surface area contributed by atoms with Gasteiger partial charge in [0.15, 0.2) is 0 Å². The molecule has 368 valence electrons. The van der Waals surface area contributed by atoms with Gasteiger partial charge in [0.2, 0.25) is 0 Å². The van der Waals surface area contributed by atoms with E-state index in [0.717, 1.165) is 63.3 Å². The Balaban J connectivity index is 0.000000658. The smallest absolute Gasteiger partial charge is 0.143 e. The van der Waals surface area contributed by atoms with Crippen molar-refractivity contribution in [3.8, 4) is 55.6 Å². The zero-order valence-electron chi connectivity index (χ0n) is 44.9. The molecule has 0 unspecified atom stereocenters. The predicted molar refractivity (Wildman–Crippen MR) is 320 cm³/mol. The molecule has 0 bridgehead atoms. The first kappa shape index (κ1) is 51.7. The number of rotatable bonds is 9. The van der Waals surface area contributed by atoms with Gasteiger partial charge in [0, 0.05) is 39.0 Å². The molecular formula is C71H73NO. The highest BCUT2D eigenvalue weighted by Crippen LogP contribution is 2.50. The third kappa shape index (κ3) is 10.4. The zero-order chi connectivity index (χ0) is 51.6. The van der Waals surface area contributed by atoms with Crippen LogP contribution in [0.25, 0.3) is 78.8 Å². The maximum Gasteiger partial charge on any atom is 0.143 e. The SMILES string of the molecule is C=CCC.CC.CCCC.Cc1ccccc1-c1cccc(-c2cccc(N(c3ccc(-c4ccc5c(c4)-c4ccccc4C5(C)C)cc3)c3ccc(-c4cccc5c6c(oc45)C=CCC=C6)cc3)c2C)c1C. The number of anilines is 3. The first-order valence-corrected chi connectivity index (χ1v) is 26.6. The van der Waals surface area contributed by atoms with E-state index in [4.69, 9.17) is 4.42 Å². The number of unbranched alkanes of at least 4 members (excludes halogenated alkanes) is 1. The van der Waals surface area contributed by atoms with E-state index in [2.05, 4.69) is 261 Å². The van der Waals surface area contributed by atoms with E-state index in [0.29, 0.717) is 0 Å². The van der Waals surface area contributed by atoms with Crippen molar-refractivity contribution in [2.24, 2.45) is 0 Å². The molecule has 2 heteroatoms. The molecule has 1 heterocycles. The normalized spacial score (nSPS) is 12.4. The number of hydrogen-bond donors (Lipinski definition) is 0. The molecule has 2 aliphatic rings. The van der Waals surface area contributed by atoms with Gasteiger partial charge in [-0.1, -0.05) is 219 Å². The van der Waals surface area contributed by atoms with Crippen molar-refractivity contribution in [1.29, 1.82) is 0 Å². The molecule has 0 spiro atoms. The molecule has 0 amide bonds. The Morgan fingerprint density at radius 2 is 1.04 bits per heavy atom. The molecule has 2 aliphatic carbocycles. The Hall–Kier alpha value is -7.68. The van der Waals surface area contributed by atoms with Crippen molar-refractivity contribution in [2.45, 2.75) is 100 Å². The number of hydrogen-bond acceptors (Lipinski definition) is 2. The third-order valence-electron chi connectivity index (χ3n) is 14.5. The Bertz CT molecular complexity index is 3410. The summed E-state index contributed by atoms with van der Waals surface area (Å²) in [5, 5.41) is 1.14. The molecule has 0 N–H and O–H groups in total. The predicted octanol–water partition coefficient (Wildman–Crippen LogP) is 21.6. The maximum atomic E-state index is 6.55. The molecule has 0 aliphatic heterocycles. The van der Waals surface area contributed by atoms with Crippen LogP contribution in [-0.4, -0.2) is 0 Å². The highest BCUT2D eigenvalue weighted by atomic mass is 16.3. The van der Waals surface area contributed by atoms with E-state index in [1.165, 1.54) is 85.2 Å². The van der Waals surface area contributed by atoms with Crippen LogP contribution in [0.5, 0.6) is 0 Å². The average molecular weight is 956 g/mol. The minimum absolute atomic E-state index is 0.0187. The summed E-state index contributed by atoms with van der Waals surface area (Å²) < 4.78 is 6.55. The number of allylic oxidation sites excluding steroid dienone is 3. The monoisotopic (exact) mass is 956 g/mol. The topological polar surface area (TPSA) is 16.4 Å². The van der Waals surface area contributed by atoms with Crippen molar-refractivity contribution >= 4 is 40.2 Å². The second-order valence-corrected chi connectivity index (χ2v) is 19.4. The van der Waals surface area contributed by atoms with Crippen LogP contribution in [0.4, 0.5) is 17.1 Å². The van der Waals surface area contributed by atoms with Gasteiger partial charge < -0.3 is 9.32 Å². The fraction of sp³-hybridized carbons (Fsp3) is 0.211. The second-order valence-electron chi connectivity index (χ2n) is 19.4. The van der Waals surface area contributed by atoms with Crippen molar-refractivity contribution in [3.05, 3.63) is 234 Å². The largest absolute Gasteiger partial charge is 0.455 e. The fourth-order valence-corrected chi connectivity index (χ4v) is 10.3. The van der Waals surface area contributed by atoms with Gasteiger partial charge in [-0.25, -0.2) is 0 Å². The van der Waals surface area contributed by atoms with Crippen molar-refractivity contribution in [3.63, 3.8) is 0 Å². The molecule has 0 atom stereocenters. The van der Waals surface area contributed by atoms with Crippen LogP contribution >= 0.6 is 0 Å². The van der Waals surface area contributed by atoms with Crippen LogP contribution in [0.3, 0.4) is 0 Å². The van der Waals surface area contributed by atoms with E-state index >= 15 is 0 Å². The molecule has 0 fully saturated rings. The van der Waals surface area contributed by atoms with Crippen LogP contribution in [0, 0.1) is 20.8 Å². The van der Waals surface area contributed by atoms with Crippen LogP contribution in [0.1, 0.15) is 113 Å². The van der Waals surface area contributed by atoms with Gasteiger partial charge in [0.05, 0.1) is 0 Å². The Morgan fingerprint density at radius 1 is 0.521 bits per heavy atom. The number of nitrogens with zero attached hydrogens (tertiary/aromatic N) is 1. The molecule has 73 heavy (non-hydrogen) atoms. The number of benzene rings is 8. The Labute approximate surface area is 437 Å². The first-order valence-electron chi connectivity index (χ1n) is 26.6. The van der Waals surface area contributed by atoms with Crippen LogP contribution in [0.15, 0.2) is 199 Å². The summed E-state index contributed by atoms with van der Waals surface area (Å²) in [5.74, 6) is 0.918. The van der Waals surface area contributed by atoms with Gasteiger partial charge in [0.25, 0.3) is 0 Å². The molecule has 0 saturated heterocycles. The molecule has 0 saturated carbocycles. The van der Waals surface area contributed by atoms with E-state index in [9.17, 15) is 0 Å². The minimum atomic E-state index is -0.0187. The summed E-state index contributed by atoms with van der Waals surface area (Å²) in [6.07, 6.45) is 15.2. The van der Waals surface area contributed by atoms with E-state index in [1.54, 1.807) is 0 Å². The lowest BCUT2D eigenvalue weighted by atomic mass is 9.82. The summed E-state index contributed by atoms with van der Waals surface area (Å²) in [5.41, 5.74) is 24.3. The van der Waals surface area contributed by atoms with Gasteiger partial charge in [-0.15, -0.1) is 6.58 Å². The summed E-state index contributed by atoms with van der Waals surface area (Å²) in [6, 6.07) is 62.6. The minimum Gasteiger partial charge on any atom is -0.455 e. The third-order valence-corrected chi connectivity index (χ3v) is 14.5. The lowest BCUT2D eigenvalue weighted by Gasteiger charge is -2.29. The summed E-state index contributed by atoms with van der Waals surface area (Å²) in [7, 11) is 0. The molecule has 1 aromatic heterocycles. The molecular weight excluding hydrogens is 883 g/mol. The van der Waals surface area contributed by atoms with Gasteiger partial charge in [-0.05, 0) is 154 Å². The van der Waals surface area contributed by atoms with Gasteiger partial charge in [-0.3, -0.25) is 0 Å². The number of para-hydroxylation sites is 1. The van der Waals surface area contributed by atoms with Crippen LogP contribution < -0.4 is 4.90 Å². The number of fused-ring (bicyclic) bond motifs is 6. The zero-order valence-corrected chi connectivity index (χ0v) is 44.9. The van der Waals surface area contributed by atoms with Crippen molar-refractivity contribution in [2.75, 3.05) is 4.90 Å². The average Bonchev–Trinajstić information content (AvgIpc) is 3.78. The van der Waals surface area contributed by atoms with Crippen LogP contribution in [-0.2, 0) is 5.41 Å². The Morgan fingerprint density at radius 3 is 1.70 bits per heavy atom. The Kier molecular flexibility index (Phi) is 16.5. The molecule has 9 aromatic rings. The fourth-order valence-electron chi connectivity index (χ4n) is 10.3. The van der Waals surface area contributed by atoms with Crippen molar-refractivity contribution < 1.29 is 4.42 Å². The summed E-state index contributed by atoms with van der Waals surface area (Å²) >= 11 is 0. The van der Waals surface area contributed by atoms with E-state index < -0.39 is 0 Å². The van der Waals surface area contributed by atoms with Gasteiger partial charge in [-0.2, -0.15) is 0 Å². The molecule has 8 aromatic carbocycles. The first-order chi connectivity index (χ1) is 35.6. The highest BCUT2D eigenvalue weighted by Gasteiger charge is 2.35. The summed E-state index contributed by atoms with van der Waals surface area (Å²) in [6.45, 7) is 25.3. The number of aryl methyl sites for hydroxylation is 1. The number of furan rings is 1. The lowest BCUT2D eigenvalue weighted by Crippen LogP contribution is -2.14. The molecule has 2 nitrogen and oxygen atoms in total. The second kappa shape index (κ2) is 23.2. The summed E-state index contributed by atoms with van der Waals surface area (Å²) in [4.78, 5) is 2.42.